The van der Waals surface area contributed by atoms with Crippen molar-refractivity contribution in [3.63, 3.8) is 0 Å². The van der Waals surface area contributed by atoms with Crippen LogP contribution in [-0.2, 0) is 28.6 Å². The molecular weight excluding hydrogens is 430 g/mol. The van der Waals surface area contributed by atoms with Gasteiger partial charge in [0.2, 0.25) is 17.4 Å². The lowest BCUT2D eigenvalue weighted by Crippen LogP contribution is -2.33. The number of amides is 2. The van der Waals surface area contributed by atoms with Crippen molar-refractivity contribution in [2.75, 3.05) is 46.2 Å². The van der Waals surface area contributed by atoms with E-state index in [-0.39, 0.29) is 64.1 Å². The first-order chi connectivity index (χ1) is 14.8. The molecule has 0 N–H and O–H groups in total. The molecule has 1 aliphatic rings. The number of rotatable bonds is 13. The minimum absolute atomic E-state index is 0.00305. The number of hydrogen-bond donors (Lipinski definition) is 0. The van der Waals surface area contributed by atoms with E-state index in [0.717, 1.165) is 4.90 Å². The maximum Gasteiger partial charge on any atom is 0.313 e. The molecule has 0 aromatic heterocycles. The van der Waals surface area contributed by atoms with E-state index in [4.69, 9.17) is 14.2 Å². The fraction of sp³-hybridized carbons (Fsp3) is 0.421. The van der Waals surface area contributed by atoms with Crippen molar-refractivity contribution >= 4 is 17.8 Å². The van der Waals surface area contributed by atoms with Crippen LogP contribution in [0.15, 0.2) is 18.2 Å². The quantitative estimate of drug-likeness (QED) is 0.113. The number of carbonyl (C=O) groups excluding carboxylic acids is 3. The second-order valence-electron chi connectivity index (χ2n) is 6.02. The molecule has 170 valence electrons. The molecule has 2 rings (SSSR count). The number of nitrogens with zero attached hydrogens (tertiary/aromatic N) is 1. The van der Waals surface area contributed by atoms with Crippen LogP contribution in [0.1, 0.15) is 6.42 Å². The Bertz CT molecular complexity index is 803. The van der Waals surface area contributed by atoms with E-state index >= 15 is 0 Å². The summed E-state index contributed by atoms with van der Waals surface area (Å²) in [4.78, 5) is 35.2. The van der Waals surface area contributed by atoms with Crippen LogP contribution in [0.2, 0.25) is 0 Å². The molecule has 1 aromatic carbocycles. The number of benzene rings is 1. The van der Waals surface area contributed by atoms with Crippen LogP contribution in [0.25, 0.3) is 0 Å². The number of esters is 1. The van der Waals surface area contributed by atoms with Crippen LogP contribution >= 0.6 is 0 Å². The molecule has 12 heteroatoms. The van der Waals surface area contributed by atoms with Crippen molar-refractivity contribution in [3.05, 3.63) is 41.5 Å². The summed E-state index contributed by atoms with van der Waals surface area (Å²) in [5, 5.41) is 0. The Morgan fingerprint density at radius 3 is 1.81 bits per heavy atom. The minimum Gasteiger partial charge on any atom is -0.420 e. The van der Waals surface area contributed by atoms with Crippen molar-refractivity contribution < 1.29 is 50.9 Å². The van der Waals surface area contributed by atoms with E-state index in [0.29, 0.717) is 0 Å². The molecule has 0 aliphatic carbocycles. The third kappa shape index (κ3) is 7.42. The lowest BCUT2D eigenvalue weighted by atomic mass is 10.3. The smallest absolute Gasteiger partial charge is 0.313 e. The van der Waals surface area contributed by atoms with E-state index in [9.17, 15) is 31.9 Å². The molecule has 0 spiro atoms. The zero-order valence-electron chi connectivity index (χ0n) is 16.2. The summed E-state index contributed by atoms with van der Waals surface area (Å²) in [5.74, 6) is -10.3. The Morgan fingerprint density at radius 2 is 1.26 bits per heavy atom. The van der Waals surface area contributed by atoms with Crippen molar-refractivity contribution in [2.45, 2.75) is 6.42 Å². The molecule has 0 bridgehead atoms. The van der Waals surface area contributed by atoms with Crippen LogP contribution in [0.3, 0.4) is 0 Å². The fourth-order valence-electron chi connectivity index (χ4n) is 2.31. The molecule has 0 unspecified atom stereocenters. The first-order valence-electron chi connectivity index (χ1n) is 9.11. The molecule has 1 aliphatic heterocycles. The largest absolute Gasteiger partial charge is 0.420 e. The highest BCUT2D eigenvalue weighted by Crippen LogP contribution is 2.26. The lowest BCUT2D eigenvalue weighted by Gasteiger charge is -2.13. The lowest BCUT2D eigenvalue weighted by molar-refractivity contribution is -0.138. The average Bonchev–Trinajstić information content (AvgIpc) is 3.05. The second-order valence-corrected chi connectivity index (χ2v) is 6.02. The van der Waals surface area contributed by atoms with E-state index < -0.39 is 41.4 Å². The van der Waals surface area contributed by atoms with E-state index in [1.807, 2.05) is 0 Å². The molecule has 8 nitrogen and oxygen atoms in total. The van der Waals surface area contributed by atoms with Gasteiger partial charge < -0.3 is 18.9 Å². The Balaban J connectivity index is 1.48. The van der Waals surface area contributed by atoms with Crippen molar-refractivity contribution in [1.82, 2.24) is 4.90 Å². The highest BCUT2D eigenvalue weighted by molar-refractivity contribution is 6.12. The first kappa shape index (κ1) is 24.4. The zero-order valence-corrected chi connectivity index (χ0v) is 16.2. The molecule has 0 radical (unpaired) electrons. The molecule has 0 saturated heterocycles. The summed E-state index contributed by atoms with van der Waals surface area (Å²) < 4.78 is 72.7. The summed E-state index contributed by atoms with van der Waals surface area (Å²) in [6.07, 6.45) is 1.95. The van der Waals surface area contributed by atoms with Gasteiger partial charge in [-0.05, 0) is 0 Å². The summed E-state index contributed by atoms with van der Waals surface area (Å²) in [5.41, 5.74) is 0. The number of imide groups is 1. The van der Waals surface area contributed by atoms with Gasteiger partial charge in [-0.3, -0.25) is 19.3 Å². The third-order valence-corrected chi connectivity index (χ3v) is 3.84. The SMILES string of the molecule is O=C(CCOCCOCCOCCN1C(=O)C=CC1=O)Oc1c(F)c(F)cc(F)c1F. The van der Waals surface area contributed by atoms with Gasteiger partial charge in [-0.25, -0.2) is 8.78 Å². The molecule has 2 amide bonds. The number of ether oxygens (including phenoxy) is 4. The monoisotopic (exact) mass is 449 g/mol. The topological polar surface area (TPSA) is 91.4 Å². The van der Waals surface area contributed by atoms with Gasteiger partial charge in [0, 0.05) is 18.2 Å². The molecule has 1 heterocycles. The van der Waals surface area contributed by atoms with Gasteiger partial charge >= 0.3 is 5.97 Å². The van der Waals surface area contributed by atoms with Crippen LogP contribution in [0.5, 0.6) is 5.75 Å². The van der Waals surface area contributed by atoms with Crippen LogP contribution in [0.4, 0.5) is 17.6 Å². The second kappa shape index (κ2) is 12.1. The highest BCUT2D eigenvalue weighted by atomic mass is 19.2. The van der Waals surface area contributed by atoms with Crippen LogP contribution in [-0.4, -0.2) is 68.9 Å². The molecule has 1 aromatic rings. The summed E-state index contributed by atoms with van der Waals surface area (Å²) in [6.45, 7) is 0.812. The van der Waals surface area contributed by atoms with Crippen LogP contribution < -0.4 is 4.74 Å². The van der Waals surface area contributed by atoms with E-state index in [1.165, 1.54) is 12.2 Å². The van der Waals surface area contributed by atoms with Gasteiger partial charge in [0.1, 0.15) is 0 Å². The predicted molar refractivity (Wildman–Crippen MR) is 94.8 cm³/mol. The van der Waals surface area contributed by atoms with Crippen LogP contribution in [0, 0.1) is 23.3 Å². The molecule has 31 heavy (non-hydrogen) atoms. The van der Waals surface area contributed by atoms with Crippen molar-refractivity contribution in [1.29, 1.82) is 0 Å². The average molecular weight is 449 g/mol. The van der Waals surface area contributed by atoms with Gasteiger partial charge in [-0.2, -0.15) is 8.78 Å². The zero-order chi connectivity index (χ0) is 22.8. The van der Waals surface area contributed by atoms with Gasteiger partial charge in [0.25, 0.3) is 11.8 Å². The molecular formula is C19H19F4NO7. The van der Waals surface area contributed by atoms with E-state index in [1.54, 1.807) is 0 Å². The predicted octanol–water partition coefficient (Wildman–Crippen LogP) is 1.51. The van der Waals surface area contributed by atoms with Gasteiger partial charge in [0.05, 0.1) is 52.6 Å². The van der Waals surface area contributed by atoms with Gasteiger partial charge in [0.15, 0.2) is 11.6 Å². The fourth-order valence-corrected chi connectivity index (χ4v) is 2.31. The Kier molecular flexibility index (Phi) is 9.56. The maximum atomic E-state index is 13.4. The van der Waals surface area contributed by atoms with Gasteiger partial charge in [-0.15, -0.1) is 0 Å². The Morgan fingerprint density at radius 1 is 0.774 bits per heavy atom. The van der Waals surface area contributed by atoms with Crippen molar-refractivity contribution in [3.8, 4) is 5.75 Å². The normalized spacial score (nSPS) is 13.4. The minimum atomic E-state index is -1.81. The molecule has 0 atom stereocenters. The number of hydrogen-bond acceptors (Lipinski definition) is 7. The summed E-state index contributed by atoms with van der Waals surface area (Å²) in [7, 11) is 0. The molecule has 0 fully saturated rings. The summed E-state index contributed by atoms with van der Waals surface area (Å²) in [6, 6.07) is 0.00305. The number of halogens is 4. The first-order valence-corrected chi connectivity index (χ1v) is 9.11. The Hall–Kier alpha value is -2.83. The Labute approximate surface area is 174 Å². The highest BCUT2D eigenvalue weighted by Gasteiger charge is 2.23. The number of carbonyl (C=O) groups is 3. The van der Waals surface area contributed by atoms with Crippen molar-refractivity contribution in [2.24, 2.45) is 0 Å². The maximum absolute atomic E-state index is 13.4. The molecule has 0 saturated carbocycles. The third-order valence-electron chi connectivity index (χ3n) is 3.84. The van der Waals surface area contributed by atoms with E-state index in [2.05, 4.69) is 4.74 Å². The summed E-state index contributed by atoms with van der Waals surface area (Å²) >= 11 is 0. The van der Waals surface area contributed by atoms with Gasteiger partial charge in [-0.1, -0.05) is 0 Å². The standard InChI is InChI=1S/C19H19F4NO7/c20-12-11-13(21)18(23)19(17(12)22)31-16(27)3-5-28-7-9-30-10-8-29-6-4-24-14(25)1-2-15(24)26/h1-2,11H,3-10H2.